The minimum atomic E-state index is -0.330. The van der Waals surface area contributed by atoms with Crippen molar-refractivity contribution in [3.05, 3.63) is 47.5 Å². The number of rotatable bonds is 7. The van der Waals surface area contributed by atoms with E-state index in [0.717, 1.165) is 31.5 Å². The standard InChI is InChI=1S/C21H27NO4/c1-2-26-21(24)18-13-17(20(23)22-11-7-4-8-12-22)19(18)15-25-14-16-9-5-3-6-10-16/h3,5-6,9-10,13,17,19H,2,4,7-8,11-12,14-15H2,1H3/t17-,19+/m0/s1. The van der Waals surface area contributed by atoms with Gasteiger partial charge in [0, 0.05) is 24.6 Å². The number of nitrogens with zero attached hydrogens (tertiary/aromatic N) is 1. The number of benzene rings is 1. The van der Waals surface area contributed by atoms with Crippen LogP contribution in [0, 0.1) is 11.8 Å². The fourth-order valence-electron chi connectivity index (χ4n) is 3.58. The highest BCUT2D eigenvalue weighted by molar-refractivity contribution is 5.96. The van der Waals surface area contributed by atoms with Crippen LogP contribution in [-0.4, -0.2) is 43.1 Å². The molecule has 1 aromatic rings. The van der Waals surface area contributed by atoms with E-state index in [9.17, 15) is 9.59 Å². The zero-order chi connectivity index (χ0) is 18.4. The van der Waals surface area contributed by atoms with Gasteiger partial charge in [0.1, 0.15) is 0 Å². The molecule has 0 unspecified atom stereocenters. The van der Waals surface area contributed by atoms with Gasteiger partial charge >= 0.3 is 5.97 Å². The van der Waals surface area contributed by atoms with E-state index in [2.05, 4.69) is 0 Å². The van der Waals surface area contributed by atoms with Crippen LogP contribution >= 0.6 is 0 Å². The van der Waals surface area contributed by atoms with E-state index < -0.39 is 0 Å². The van der Waals surface area contributed by atoms with Gasteiger partial charge in [0.25, 0.3) is 0 Å². The first-order valence-electron chi connectivity index (χ1n) is 9.50. The van der Waals surface area contributed by atoms with Gasteiger partial charge in [0.2, 0.25) is 5.91 Å². The largest absolute Gasteiger partial charge is 0.463 e. The molecule has 140 valence electrons. The summed E-state index contributed by atoms with van der Waals surface area (Å²) in [6.45, 7) is 4.57. The Morgan fingerprint density at radius 3 is 2.54 bits per heavy atom. The predicted molar refractivity (Wildman–Crippen MR) is 98.2 cm³/mol. The number of piperidine rings is 1. The Hall–Kier alpha value is -2.14. The Bertz CT molecular complexity index is 649. The first-order valence-corrected chi connectivity index (χ1v) is 9.50. The number of ether oxygens (including phenoxy) is 2. The van der Waals surface area contributed by atoms with Crippen LogP contribution in [0.3, 0.4) is 0 Å². The summed E-state index contributed by atoms with van der Waals surface area (Å²) in [6.07, 6.45) is 5.07. The Balaban J connectivity index is 1.62. The van der Waals surface area contributed by atoms with Crippen LogP contribution < -0.4 is 0 Å². The maximum absolute atomic E-state index is 12.8. The minimum absolute atomic E-state index is 0.117. The maximum Gasteiger partial charge on any atom is 0.334 e. The second kappa shape index (κ2) is 8.99. The van der Waals surface area contributed by atoms with Gasteiger partial charge < -0.3 is 14.4 Å². The second-order valence-electron chi connectivity index (χ2n) is 6.86. The summed E-state index contributed by atoms with van der Waals surface area (Å²) in [5.41, 5.74) is 1.66. The third-order valence-corrected chi connectivity index (χ3v) is 5.07. The van der Waals surface area contributed by atoms with E-state index in [1.54, 1.807) is 13.0 Å². The third-order valence-electron chi connectivity index (χ3n) is 5.07. The third kappa shape index (κ3) is 4.33. The summed E-state index contributed by atoms with van der Waals surface area (Å²) >= 11 is 0. The van der Waals surface area contributed by atoms with Gasteiger partial charge in [-0.3, -0.25) is 4.79 Å². The van der Waals surface area contributed by atoms with Crippen LogP contribution in [0.1, 0.15) is 31.7 Å². The van der Waals surface area contributed by atoms with Crippen molar-refractivity contribution in [2.75, 3.05) is 26.3 Å². The van der Waals surface area contributed by atoms with E-state index in [1.165, 1.54) is 6.42 Å². The van der Waals surface area contributed by atoms with Crippen molar-refractivity contribution in [3.63, 3.8) is 0 Å². The van der Waals surface area contributed by atoms with E-state index in [4.69, 9.17) is 9.47 Å². The van der Waals surface area contributed by atoms with Crippen molar-refractivity contribution in [2.24, 2.45) is 11.8 Å². The lowest BCUT2D eigenvalue weighted by Gasteiger charge is -2.38. The average molecular weight is 357 g/mol. The second-order valence-corrected chi connectivity index (χ2v) is 6.86. The first kappa shape index (κ1) is 18.6. The lowest BCUT2D eigenvalue weighted by molar-refractivity contribution is -0.143. The summed E-state index contributed by atoms with van der Waals surface area (Å²) < 4.78 is 11.0. The van der Waals surface area contributed by atoms with E-state index in [0.29, 0.717) is 25.4 Å². The maximum atomic E-state index is 12.8. The molecule has 1 amide bonds. The smallest absolute Gasteiger partial charge is 0.334 e. The van der Waals surface area contributed by atoms with Crippen LogP contribution in [0.15, 0.2) is 42.0 Å². The molecular formula is C21H27NO4. The van der Waals surface area contributed by atoms with Crippen LogP contribution in [0.2, 0.25) is 0 Å². The Morgan fingerprint density at radius 2 is 1.85 bits per heavy atom. The van der Waals surface area contributed by atoms with Gasteiger partial charge in [-0.05, 0) is 31.7 Å². The van der Waals surface area contributed by atoms with Crippen molar-refractivity contribution >= 4 is 11.9 Å². The molecule has 0 bridgehead atoms. The van der Waals surface area contributed by atoms with Gasteiger partial charge in [0.05, 0.1) is 25.7 Å². The molecule has 0 aromatic heterocycles. The number of carbonyl (C=O) groups is 2. The van der Waals surface area contributed by atoms with Crippen molar-refractivity contribution in [1.29, 1.82) is 0 Å². The molecule has 1 heterocycles. The lowest BCUT2D eigenvalue weighted by Crippen LogP contribution is -2.47. The number of likely N-dealkylation sites (tertiary alicyclic amines) is 1. The van der Waals surface area contributed by atoms with Gasteiger partial charge in [-0.1, -0.05) is 36.4 Å². The van der Waals surface area contributed by atoms with Crippen LogP contribution in [0.25, 0.3) is 0 Å². The lowest BCUT2D eigenvalue weighted by atomic mass is 9.74. The molecular weight excluding hydrogens is 330 g/mol. The van der Waals surface area contributed by atoms with Crippen LogP contribution in [0.4, 0.5) is 0 Å². The van der Waals surface area contributed by atoms with E-state index in [-0.39, 0.29) is 23.7 Å². The molecule has 2 atom stereocenters. The molecule has 5 heteroatoms. The molecule has 0 radical (unpaired) electrons. The minimum Gasteiger partial charge on any atom is -0.463 e. The highest BCUT2D eigenvalue weighted by Crippen LogP contribution is 2.37. The summed E-state index contributed by atoms with van der Waals surface area (Å²) in [5.74, 6) is -0.704. The Kier molecular flexibility index (Phi) is 6.45. The molecule has 5 nitrogen and oxygen atoms in total. The zero-order valence-electron chi connectivity index (χ0n) is 15.4. The fraction of sp³-hybridized carbons (Fsp3) is 0.524. The molecule has 26 heavy (non-hydrogen) atoms. The normalized spacial score (nSPS) is 22.3. The first-order chi connectivity index (χ1) is 12.7. The number of hydrogen-bond donors (Lipinski definition) is 0. The highest BCUT2D eigenvalue weighted by atomic mass is 16.5. The van der Waals surface area contributed by atoms with Gasteiger partial charge in [-0.15, -0.1) is 0 Å². The summed E-state index contributed by atoms with van der Waals surface area (Å²) in [4.78, 5) is 26.9. The molecule has 1 saturated heterocycles. The summed E-state index contributed by atoms with van der Waals surface area (Å²) in [7, 11) is 0. The highest BCUT2D eigenvalue weighted by Gasteiger charge is 2.43. The van der Waals surface area contributed by atoms with Gasteiger partial charge in [-0.25, -0.2) is 4.79 Å². The molecule has 1 aliphatic carbocycles. The van der Waals surface area contributed by atoms with Crippen molar-refractivity contribution in [2.45, 2.75) is 32.8 Å². The predicted octanol–water partition coefficient (Wildman–Crippen LogP) is 2.95. The quantitative estimate of drug-likeness (QED) is 0.704. The molecule has 0 spiro atoms. The molecule has 2 aliphatic rings. The molecule has 1 fully saturated rings. The number of hydrogen-bond acceptors (Lipinski definition) is 4. The van der Waals surface area contributed by atoms with Crippen molar-refractivity contribution < 1.29 is 19.1 Å². The van der Waals surface area contributed by atoms with Crippen LogP contribution in [-0.2, 0) is 25.7 Å². The molecule has 0 N–H and O–H groups in total. The summed E-state index contributed by atoms with van der Waals surface area (Å²) in [5, 5.41) is 0. The molecule has 1 aromatic carbocycles. The zero-order valence-corrected chi connectivity index (χ0v) is 15.4. The molecule has 0 saturated carbocycles. The topological polar surface area (TPSA) is 55.8 Å². The van der Waals surface area contributed by atoms with Gasteiger partial charge in [0.15, 0.2) is 0 Å². The number of carbonyl (C=O) groups excluding carboxylic acids is 2. The number of esters is 1. The molecule has 1 aliphatic heterocycles. The Morgan fingerprint density at radius 1 is 1.12 bits per heavy atom. The van der Waals surface area contributed by atoms with E-state index in [1.807, 2.05) is 35.2 Å². The van der Waals surface area contributed by atoms with Gasteiger partial charge in [-0.2, -0.15) is 0 Å². The Labute approximate surface area is 155 Å². The SMILES string of the molecule is CCOC(=O)C1=C[C@H](C(=O)N2CCCCC2)[C@H]1COCc1ccccc1. The molecule has 3 rings (SSSR count). The fourth-order valence-corrected chi connectivity index (χ4v) is 3.58. The number of amides is 1. The average Bonchev–Trinajstić information content (AvgIpc) is 2.66. The van der Waals surface area contributed by atoms with E-state index >= 15 is 0 Å². The summed E-state index contributed by atoms with van der Waals surface area (Å²) in [6, 6.07) is 9.90. The monoisotopic (exact) mass is 357 g/mol. The van der Waals surface area contributed by atoms with Crippen LogP contribution in [0.5, 0.6) is 0 Å². The van der Waals surface area contributed by atoms with Crippen molar-refractivity contribution in [1.82, 2.24) is 4.90 Å². The van der Waals surface area contributed by atoms with Crippen molar-refractivity contribution in [3.8, 4) is 0 Å².